The van der Waals surface area contributed by atoms with E-state index in [-0.39, 0.29) is 0 Å². The van der Waals surface area contributed by atoms with Crippen LogP contribution in [-0.2, 0) is 6.54 Å². The molecule has 0 saturated carbocycles. The van der Waals surface area contributed by atoms with Crippen molar-refractivity contribution in [3.8, 4) is 0 Å². The van der Waals surface area contributed by atoms with Gasteiger partial charge in [-0.05, 0) is 19.9 Å². The molecule has 0 saturated heterocycles. The summed E-state index contributed by atoms with van der Waals surface area (Å²) in [4.78, 5) is 0. The van der Waals surface area contributed by atoms with Crippen LogP contribution in [0, 0.1) is 6.92 Å². The Morgan fingerprint density at radius 3 is 1.81 bits per heavy atom. The number of hydrogen-bond donors (Lipinski definition) is 0. The predicted octanol–water partition coefficient (Wildman–Crippen LogP) is 4.68. The van der Waals surface area contributed by atoms with Crippen molar-refractivity contribution in [2.24, 2.45) is 0 Å². The minimum atomic E-state index is -10.7. The maximum atomic E-state index is 9.87. The Hall–Kier alpha value is -0.840. The molecule has 0 bridgehead atoms. The Labute approximate surface area is 88.9 Å². The Bertz CT molecular complexity index is 345. The van der Waals surface area contributed by atoms with Gasteiger partial charge in [0.1, 0.15) is 6.54 Å². The van der Waals surface area contributed by atoms with E-state index in [1.807, 2.05) is 0 Å². The molecule has 0 spiro atoms. The van der Waals surface area contributed by atoms with Crippen molar-refractivity contribution in [3.63, 3.8) is 0 Å². The second kappa shape index (κ2) is 3.87. The monoisotopic (exact) mass is 267 g/mol. The van der Waals surface area contributed by atoms with Crippen LogP contribution in [0.2, 0.25) is 0 Å². The summed E-state index contributed by atoms with van der Waals surface area (Å²) < 4.78 is 61.4. The predicted molar refractivity (Wildman–Crippen MR) is 50.6 cm³/mol. The first-order chi connectivity index (χ1) is 6.78. The van der Waals surface area contributed by atoms with Gasteiger partial charge >= 0.3 is 33.0 Å². The average molecular weight is 267 g/mol. The molecular formula is C8H12F6NP. The third-order valence-corrected chi connectivity index (χ3v) is 1.37. The molecule has 0 atom stereocenters. The standard InChI is InChI=1S/C8H12N.F6P/c1-3-9-6-4-5-8(2)7-9;1-7(2,3,4,5)6/h4-7H,3H2,1-2H3;/q+1;-1. The zero-order valence-corrected chi connectivity index (χ0v) is 9.57. The SMILES string of the molecule is CC[n+]1cccc(C)c1.F[P-](F)(F)(F)(F)F. The van der Waals surface area contributed by atoms with Crippen LogP contribution >= 0.6 is 7.81 Å². The van der Waals surface area contributed by atoms with E-state index in [9.17, 15) is 25.2 Å². The fourth-order valence-electron chi connectivity index (χ4n) is 0.850. The van der Waals surface area contributed by atoms with E-state index >= 15 is 0 Å². The van der Waals surface area contributed by atoms with Crippen molar-refractivity contribution in [1.29, 1.82) is 0 Å². The molecule has 8 heteroatoms. The fraction of sp³-hybridized carbons (Fsp3) is 0.375. The Morgan fingerprint density at radius 1 is 1.12 bits per heavy atom. The molecule has 1 heterocycles. The number of rotatable bonds is 1. The van der Waals surface area contributed by atoms with Gasteiger partial charge in [0.05, 0.1) is 0 Å². The summed E-state index contributed by atoms with van der Waals surface area (Å²) in [6, 6.07) is 4.17. The summed E-state index contributed by atoms with van der Waals surface area (Å²) in [6.07, 6.45) is 4.22. The van der Waals surface area contributed by atoms with E-state index in [0.717, 1.165) is 6.54 Å². The molecule has 0 aromatic carbocycles. The fourth-order valence-corrected chi connectivity index (χ4v) is 0.850. The quantitative estimate of drug-likeness (QED) is 0.395. The molecule has 1 aromatic heterocycles. The third-order valence-electron chi connectivity index (χ3n) is 1.37. The van der Waals surface area contributed by atoms with Crippen molar-refractivity contribution in [3.05, 3.63) is 30.1 Å². The maximum absolute atomic E-state index is 10.7. The molecule has 0 amide bonds. The number of halogens is 6. The van der Waals surface area contributed by atoms with Gasteiger partial charge in [0, 0.05) is 11.6 Å². The van der Waals surface area contributed by atoms with Crippen LogP contribution in [0.25, 0.3) is 0 Å². The second-order valence-corrected chi connectivity index (χ2v) is 5.09. The zero-order chi connectivity index (χ0) is 13.1. The number of pyridine rings is 1. The summed E-state index contributed by atoms with van der Waals surface area (Å²) in [6.45, 7) is 5.30. The number of nitrogens with zero attached hydrogens (tertiary/aromatic N) is 1. The Balaban J connectivity index is 0.000000293. The Morgan fingerprint density at radius 2 is 1.56 bits per heavy atom. The van der Waals surface area contributed by atoms with Gasteiger partial charge in [0.2, 0.25) is 0 Å². The van der Waals surface area contributed by atoms with E-state index < -0.39 is 7.81 Å². The van der Waals surface area contributed by atoms with E-state index in [1.165, 1.54) is 5.56 Å². The van der Waals surface area contributed by atoms with Gasteiger partial charge in [-0.3, -0.25) is 0 Å². The molecule has 0 unspecified atom stereocenters. The Kier molecular flexibility index (Phi) is 3.67. The van der Waals surface area contributed by atoms with Gasteiger partial charge in [0.15, 0.2) is 12.4 Å². The molecule has 0 radical (unpaired) electrons. The topological polar surface area (TPSA) is 3.88 Å². The molecule has 0 fully saturated rings. The molecule has 0 aliphatic rings. The van der Waals surface area contributed by atoms with E-state index in [2.05, 4.69) is 42.9 Å². The molecule has 16 heavy (non-hydrogen) atoms. The van der Waals surface area contributed by atoms with Crippen LogP contribution in [0.1, 0.15) is 12.5 Å². The molecular weight excluding hydrogens is 255 g/mol. The van der Waals surface area contributed by atoms with Crippen molar-refractivity contribution >= 4 is 7.81 Å². The number of hydrogen-bond acceptors (Lipinski definition) is 0. The van der Waals surface area contributed by atoms with Crippen LogP contribution in [0.5, 0.6) is 0 Å². The summed E-state index contributed by atoms with van der Waals surface area (Å²) in [5, 5.41) is 0. The van der Waals surface area contributed by atoms with E-state index in [4.69, 9.17) is 0 Å². The minimum absolute atomic E-state index is 1.06. The molecule has 0 aliphatic heterocycles. The first-order valence-corrected chi connectivity index (χ1v) is 6.33. The van der Waals surface area contributed by atoms with Gasteiger partial charge in [-0.1, -0.05) is 0 Å². The summed E-state index contributed by atoms with van der Waals surface area (Å²) in [5.41, 5.74) is 1.32. The first kappa shape index (κ1) is 15.2. The van der Waals surface area contributed by atoms with Crippen LogP contribution in [0.15, 0.2) is 24.5 Å². The van der Waals surface area contributed by atoms with E-state index in [1.54, 1.807) is 0 Å². The van der Waals surface area contributed by atoms with Crippen molar-refractivity contribution in [2.75, 3.05) is 0 Å². The van der Waals surface area contributed by atoms with Crippen LogP contribution in [0.3, 0.4) is 0 Å². The normalized spacial score (nSPS) is 15.5. The van der Waals surface area contributed by atoms with Gasteiger partial charge < -0.3 is 0 Å². The van der Waals surface area contributed by atoms with Gasteiger partial charge in [-0.2, -0.15) is 0 Å². The third kappa shape index (κ3) is 15.6. The molecule has 1 rings (SSSR count). The molecule has 0 aliphatic carbocycles. The van der Waals surface area contributed by atoms with Crippen LogP contribution in [0.4, 0.5) is 25.2 Å². The summed E-state index contributed by atoms with van der Waals surface area (Å²) in [7, 11) is -10.7. The van der Waals surface area contributed by atoms with Crippen molar-refractivity contribution < 1.29 is 29.7 Å². The second-order valence-electron chi connectivity index (χ2n) is 3.17. The average Bonchev–Trinajstić information content (AvgIpc) is 1.98. The molecule has 96 valence electrons. The van der Waals surface area contributed by atoms with Gasteiger partial charge in [-0.15, -0.1) is 0 Å². The molecule has 1 nitrogen and oxygen atoms in total. The number of aromatic nitrogens is 1. The van der Waals surface area contributed by atoms with Crippen LogP contribution < -0.4 is 4.57 Å². The van der Waals surface area contributed by atoms with Gasteiger partial charge in [0.25, 0.3) is 0 Å². The zero-order valence-electron chi connectivity index (χ0n) is 8.68. The summed E-state index contributed by atoms with van der Waals surface area (Å²) in [5.74, 6) is 0. The van der Waals surface area contributed by atoms with Crippen LogP contribution in [-0.4, -0.2) is 0 Å². The van der Waals surface area contributed by atoms with E-state index in [0.29, 0.717) is 0 Å². The van der Waals surface area contributed by atoms with Gasteiger partial charge in [-0.25, -0.2) is 4.57 Å². The number of aryl methyl sites for hydroxylation is 2. The van der Waals surface area contributed by atoms with Crippen molar-refractivity contribution in [2.45, 2.75) is 20.4 Å². The molecule has 0 N–H and O–H groups in total. The molecule has 1 aromatic rings. The summed E-state index contributed by atoms with van der Waals surface area (Å²) >= 11 is 0. The van der Waals surface area contributed by atoms with Crippen molar-refractivity contribution in [1.82, 2.24) is 0 Å². The first-order valence-electron chi connectivity index (χ1n) is 4.30.